The van der Waals surface area contributed by atoms with Crippen molar-refractivity contribution in [2.24, 2.45) is 21.2 Å². The number of aliphatic imine (C=N–C) groups is 1. The molecule has 7 heteroatoms. The minimum absolute atomic E-state index is 0.0159. The van der Waals surface area contributed by atoms with Crippen LogP contribution in [0, 0.1) is 23.3 Å². The van der Waals surface area contributed by atoms with Gasteiger partial charge >= 0.3 is 0 Å². The molecule has 19 heavy (non-hydrogen) atoms. The molecule has 0 aromatic carbocycles. The van der Waals surface area contributed by atoms with Gasteiger partial charge in [-0.05, 0) is 19.8 Å². The van der Waals surface area contributed by atoms with Crippen molar-refractivity contribution < 1.29 is 8.95 Å². The van der Waals surface area contributed by atoms with Crippen molar-refractivity contribution in [1.29, 1.82) is 5.26 Å². The molecule has 0 saturated heterocycles. The van der Waals surface area contributed by atoms with E-state index in [1.807, 2.05) is 20.8 Å². The lowest BCUT2D eigenvalue weighted by atomic mass is 9.77. The Morgan fingerprint density at radius 1 is 1.68 bits per heavy atom. The third-order valence-corrected chi connectivity index (χ3v) is 6.92. The molecule has 108 valence electrons. The molecule has 0 amide bonds. The Morgan fingerprint density at radius 3 is 2.74 bits per heavy atom. The molecule has 0 aromatic rings. The Morgan fingerprint density at radius 2 is 2.26 bits per heavy atom. The Balaban J connectivity index is 3.18. The molecule has 6 atom stereocenters. The van der Waals surface area contributed by atoms with Gasteiger partial charge in [0.05, 0.1) is 9.73 Å². The lowest BCUT2D eigenvalue weighted by Gasteiger charge is -2.44. The molecule has 0 aliphatic carbocycles. The van der Waals surface area contributed by atoms with Gasteiger partial charge in [-0.2, -0.15) is 5.26 Å². The number of alkyl halides is 1. The fraction of sp³-hybridized carbons (Fsp3) is 0.833. The van der Waals surface area contributed by atoms with Gasteiger partial charge in [0.1, 0.15) is 5.60 Å². The van der Waals surface area contributed by atoms with E-state index in [2.05, 4.69) is 9.36 Å². The normalized spacial score (nSPS) is 39.1. The van der Waals surface area contributed by atoms with Crippen molar-refractivity contribution in [2.45, 2.75) is 37.1 Å². The number of ether oxygens (including phenoxy) is 1. The monoisotopic (exact) mass is 305 g/mol. The van der Waals surface area contributed by atoms with Crippen molar-refractivity contribution in [3.05, 3.63) is 0 Å². The fourth-order valence-corrected chi connectivity index (χ4v) is 3.89. The quantitative estimate of drug-likeness (QED) is 0.456. The largest absolute Gasteiger partial charge is 0.375 e. The van der Waals surface area contributed by atoms with Crippen LogP contribution in [0.1, 0.15) is 20.8 Å². The van der Waals surface area contributed by atoms with E-state index in [1.165, 1.54) is 6.26 Å². The maximum absolute atomic E-state index is 12.4. The van der Waals surface area contributed by atoms with Crippen molar-refractivity contribution in [2.75, 3.05) is 13.4 Å². The van der Waals surface area contributed by atoms with Crippen LogP contribution in [-0.2, 0) is 14.5 Å². The first-order valence-corrected chi connectivity index (χ1v) is 8.44. The van der Waals surface area contributed by atoms with Gasteiger partial charge in [-0.25, -0.2) is 4.21 Å². The van der Waals surface area contributed by atoms with E-state index in [-0.39, 0.29) is 17.1 Å². The first-order chi connectivity index (χ1) is 8.70. The fourth-order valence-electron chi connectivity index (χ4n) is 2.32. The number of halogens is 1. The molecule has 1 heterocycles. The second kappa shape index (κ2) is 5.78. The van der Waals surface area contributed by atoms with E-state index >= 15 is 0 Å². The number of methoxy groups -OCH3 is 1. The number of nitriles is 1. The van der Waals surface area contributed by atoms with E-state index in [1.54, 1.807) is 19.5 Å². The Bertz CT molecular complexity index is 522. The van der Waals surface area contributed by atoms with Crippen LogP contribution in [-0.4, -0.2) is 40.1 Å². The molecule has 5 nitrogen and oxygen atoms in total. The minimum Gasteiger partial charge on any atom is -0.375 e. The molecule has 1 rings (SSSR count). The maximum Gasteiger partial charge on any atom is 0.214 e. The maximum atomic E-state index is 12.4. The van der Waals surface area contributed by atoms with Crippen LogP contribution in [0.5, 0.6) is 0 Å². The second-order valence-corrected chi connectivity index (χ2v) is 8.21. The molecule has 0 spiro atoms. The molecule has 0 fully saturated rings. The molecular formula is C12H20ClN3O2S. The number of hydrogen-bond donors (Lipinski definition) is 0. The summed E-state index contributed by atoms with van der Waals surface area (Å²) in [5.41, 5.74) is -1.10. The van der Waals surface area contributed by atoms with Gasteiger partial charge in [-0.3, -0.25) is 4.99 Å². The molecule has 0 saturated carbocycles. The summed E-state index contributed by atoms with van der Waals surface area (Å²) in [6, 6.07) is 0. The smallest absolute Gasteiger partial charge is 0.214 e. The van der Waals surface area contributed by atoms with Crippen LogP contribution in [0.25, 0.3) is 0 Å². The summed E-state index contributed by atoms with van der Waals surface area (Å²) in [6.07, 6.45) is 4.86. The van der Waals surface area contributed by atoms with Crippen LogP contribution < -0.4 is 0 Å². The summed E-state index contributed by atoms with van der Waals surface area (Å²) < 4.78 is 21.5. The third-order valence-electron chi connectivity index (χ3n) is 4.24. The second-order valence-electron chi connectivity index (χ2n) is 5.15. The average molecular weight is 306 g/mol. The first-order valence-electron chi connectivity index (χ1n) is 6.02. The summed E-state index contributed by atoms with van der Waals surface area (Å²) in [5.74, 6) is -0.0864. The van der Waals surface area contributed by atoms with E-state index < -0.39 is 20.8 Å². The van der Waals surface area contributed by atoms with E-state index in [9.17, 15) is 4.21 Å². The SMILES string of the molecule is COC1(C)C(Cl)N=CC(C(C)S(C)(=O)=NC#N)C1C. The minimum atomic E-state index is -2.59. The summed E-state index contributed by atoms with van der Waals surface area (Å²) >= 11 is 6.19. The highest BCUT2D eigenvalue weighted by molar-refractivity contribution is 7.93. The summed E-state index contributed by atoms with van der Waals surface area (Å²) in [6.45, 7) is 5.71. The van der Waals surface area contributed by atoms with Crippen molar-refractivity contribution in [3.63, 3.8) is 0 Å². The van der Waals surface area contributed by atoms with E-state index in [4.69, 9.17) is 21.6 Å². The van der Waals surface area contributed by atoms with Crippen LogP contribution in [0.3, 0.4) is 0 Å². The molecule has 0 radical (unpaired) electrons. The van der Waals surface area contributed by atoms with Crippen LogP contribution in [0.2, 0.25) is 0 Å². The van der Waals surface area contributed by atoms with Gasteiger partial charge in [-0.1, -0.05) is 18.5 Å². The highest BCUT2D eigenvalue weighted by Gasteiger charge is 2.47. The molecule has 1 aliphatic rings. The lowest BCUT2D eigenvalue weighted by Crippen LogP contribution is -2.52. The summed E-state index contributed by atoms with van der Waals surface area (Å²) in [7, 11) is -1.00. The van der Waals surface area contributed by atoms with Gasteiger partial charge < -0.3 is 4.74 Å². The number of nitrogens with zero attached hydrogens (tertiary/aromatic N) is 3. The van der Waals surface area contributed by atoms with Crippen molar-refractivity contribution in [3.8, 4) is 6.19 Å². The average Bonchev–Trinajstić information content (AvgIpc) is 2.35. The Labute approximate surface area is 120 Å². The van der Waals surface area contributed by atoms with Crippen molar-refractivity contribution >= 4 is 27.5 Å². The molecule has 0 aromatic heterocycles. The zero-order valence-electron chi connectivity index (χ0n) is 11.8. The predicted molar refractivity (Wildman–Crippen MR) is 77.8 cm³/mol. The van der Waals surface area contributed by atoms with E-state index in [0.717, 1.165) is 0 Å². The summed E-state index contributed by atoms with van der Waals surface area (Å²) in [4.78, 5) is 4.25. The van der Waals surface area contributed by atoms with Gasteiger partial charge in [0.2, 0.25) is 6.19 Å². The molecule has 1 aliphatic heterocycles. The van der Waals surface area contributed by atoms with Gasteiger partial charge in [-0.15, -0.1) is 4.36 Å². The zero-order valence-corrected chi connectivity index (χ0v) is 13.4. The molecular weight excluding hydrogens is 286 g/mol. The first kappa shape index (κ1) is 16.4. The lowest BCUT2D eigenvalue weighted by molar-refractivity contribution is -0.0537. The highest BCUT2D eigenvalue weighted by Crippen LogP contribution is 2.39. The van der Waals surface area contributed by atoms with Crippen LogP contribution in [0.4, 0.5) is 0 Å². The van der Waals surface area contributed by atoms with Crippen LogP contribution in [0.15, 0.2) is 9.36 Å². The molecule has 6 unspecified atom stereocenters. The Hall–Kier alpha value is -0.640. The van der Waals surface area contributed by atoms with Gasteiger partial charge in [0.15, 0.2) is 5.50 Å². The molecule has 0 bridgehead atoms. The third kappa shape index (κ3) is 2.93. The zero-order chi connectivity index (χ0) is 14.8. The van der Waals surface area contributed by atoms with Crippen molar-refractivity contribution in [1.82, 2.24) is 0 Å². The Kier molecular flexibility index (Phi) is 4.99. The highest BCUT2D eigenvalue weighted by atomic mass is 35.5. The van der Waals surface area contributed by atoms with E-state index in [0.29, 0.717) is 0 Å². The standard InChI is InChI=1S/C12H20ClN3O2S/c1-8-10(9(2)19(5,17)16-7-14)6-15-11(13)12(8,3)18-4/h6,8-11H,1-5H3. The summed E-state index contributed by atoms with van der Waals surface area (Å²) in [5, 5.41) is 8.33. The van der Waals surface area contributed by atoms with Gasteiger partial charge in [0, 0.05) is 30.7 Å². The topological polar surface area (TPSA) is 74.8 Å². The number of rotatable bonds is 3. The van der Waals surface area contributed by atoms with Crippen LogP contribution >= 0.6 is 11.6 Å². The van der Waals surface area contributed by atoms with Gasteiger partial charge in [0.25, 0.3) is 0 Å². The molecule has 0 N–H and O–H groups in total. The number of hydrogen-bond acceptors (Lipinski definition) is 5. The predicted octanol–water partition coefficient (Wildman–Crippen LogP) is 2.26.